The Bertz CT molecular complexity index is 453. The normalized spacial score (nSPS) is 10.1. The molecule has 16 heavy (non-hydrogen) atoms. The lowest BCUT2D eigenvalue weighted by molar-refractivity contribution is 0.344. The largest absolute Gasteiger partial charge is 0.492 e. The van der Waals surface area contributed by atoms with E-state index in [4.69, 9.17) is 10.5 Å². The first-order valence-electron chi connectivity index (χ1n) is 5.28. The van der Waals surface area contributed by atoms with Crippen molar-refractivity contribution in [3.8, 4) is 5.75 Å². The number of para-hydroxylation sites is 1. The smallest absolute Gasteiger partial charge is 0.143 e. The fraction of sp³-hybridized carbons (Fsp3) is 0.333. The monoisotopic (exact) mass is 240 g/mol. The average Bonchev–Trinajstić information content (AvgIpc) is 2.64. The molecule has 0 atom stereocenters. The summed E-state index contributed by atoms with van der Waals surface area (Å²) >= 11 is 0. The van der Waals surface area contributed by atoms with Crippen molar-refractivity contribution in [2.24, 2.45) is 5.73 Å². The van der Waals surface area contributed by atoms with Crippen LogP contribution in [-0.2, 0) is 6.42 Å². The van der Waals surface area contributed by atoms with E-state index in [1.165, 1.54) is 10.9 Å². The molecule has 0 fully saturated rings. The maximum absolute atomic E-state index is 5.56. The van der Waals surface area contributed by atoms with E-state index in [1.54, 1.807) is 0 Å². The first kappa shape index (κ1) is 12.9. The van der Waals surface area contributed by atoms with Gasteiger partial charge in [0.1, 0.15) is 5.75 Å². The van der Waals surface area contributed by atoms with E-state index >= 15 is 0 Å². The molecule has 0 saturated heterocycles. The van der Waals surface area contributed by atoms with Crippen molar-refractivity contribution in [2.75, 3.05) is 13.2 Å². The second kappa shape index (κ2) is 5.77. The SMILES string of the molecule is CCOc1cccc2c(CCN)c[nH]c12.Cl. The molecule has 2 aromatic rings. The minimum absolute atomic E-state index is 0. The van der Waals surface area contributed by atoms with Crippen molar-refractivity contribution in [1.29, 1.82) is 0 Å². The molecular weight excluding hydrogens is 224 g/mol. The summed E-state index contributed by atoms with van der Waals surface area (Å²) in [5.74, 6) is 0.915. The van der Waals surface area contributed by atoms with Crippen LogP contribution in [0.3, 0.4) is 0 Å². The molecule has 0 aliphatic carbocycles. The lowest BCUT2D eigenvalue weighted by Gasteiger charge is -2.04. The average molecular weight is 241 g/mol. The Morgan fingerprint density at radius 1 is 1.38 bits per heavy atom. The lowest BCUT2D eigenvalue weighted by Crippen LogP contribution is -2.01. The van der Waals surface area contributed by atoms with Gasteiger partial charge < -0.3 is 15.5 Å². The molecule has 1 aromatic heterocycles. The van der Waals surface area contributed by atoms with E-state index in [2.05, 4.69) is 11.1 Å². The molecule has 1 heterocycles. The van der Waals surface area contributed by atoms with Gasteiger partial charge in [-0.05, 0) is 31.5 Å². The highest BCUT2D eigenvalue weighted by Gasteiger charge is 2.06. The Labute approximate surface area is 101 Å². The van der Waals surface area contributed by atoms with Crippen LogP contribution >= 0.6 is 12.4 Å². The standard InChI is InChI=1S/C12H16N2O.ClH/c1-2-15-11-5-3-4-10-9(6-7-13)8-14-12(10)11;/h3-5,8,14H,2,6-7,13H2,1H3;1H. The topological polar surface area (TPSA) is 51.0 Å². The van der Waals surface area contributed by atoms with Gasteiger partial charge in [0.05, 0.1) is 12.1 Å². The zero-order chi connectivity index (χ0) is 10.7. The third-order valence-electron chi connectivity index (χ3n) is 2.48. The number of nitrogens with two attached hydrogens (primary N) is 1. The van der Waals surface area contributed by atoms with Crippen LogP contribution in [0, 0.1) is 0 Å². The number of aromatic amines is 1. The third-order valence-corrected chi connectivity index (χ3v) is 2.48. The summed E-state index contributed by atoms with van der Waals surface area (Å²) in [4.78, 5) is 3.25. The number of nitrogens with one attached hydrogen (secondary N) is 1. The van der Waals surface area contributed by atoms with Crippen LogP contribution in [0.2, 0.25) is 0 Å². The number of fused-ring (bicyclic) bond motifs is 1. The van der Waals surface area contributed by atoms with Crippen LogP contribution in [0.25, 0.3) is 10.9 Å². The van der Waals surface area contributed by atoms with Gasteiger partial charge in [-0.3, -0.25) is 0 Å². The number of aromatic nitrogens is 1. The maximum Gasteiger partial charge on any atom is 0.143 e. The summed E-state index contributed by atoms with van der Waals surface area (Å²) in [6.45, 7) is 3.35. The molecule has 0 unspecified atom stereocenters. The predicted molar refractivity (Wildman–Crippen MR) is 69.5 cm³/mol. The van der Waals surface area contributed by atoms with E-state index in [9.17, 15) is 0 Å². The van der Waals surface area contributed by atoms with Crippen molar-refractivity contribution in [3.05, 3.63) is 30.0 Å². The highest BCUT2D eigenvalue weighted by Crippen LogP contribution is 2.27. The zero-order valence-corrected chi connectivity index (χ0v) is 10.1. The van der Waals surface area contributed by atoms with Crippen molar-refractivity contribution >= 4 is 23.3 Å². The molecule has 3 nitrogen and oxygen atoms in total. The van der Waals surface area contributed by atoms with Gasteiger partial charge in [0.15, 0.2) is 0 Å². The summed E-state index contributed by atoms with van der Waals surface area (Å²) in [5.41, 5.74) is 7.89. The molecule has 2 rings (SSSR count). The van der Waals surface area contributed by atoms with Gasteiger partial charge in [-0.2, -0.15) is 0 Å². The molecule has 0 amide bonds. The van der Waals surface area contributed by atoms with Crippen molar-refractivity contribution in [1.82, 2.24) is 4.98 Å². The number of hydrogen-bond acceptors (Lipinski definition) is 2. The summed E-state index contributed by atoms with van der Waals surface area (Å²) in [6.07, 6.45) is 2.91. The number of benzene rings is 1. The Morgan fingerprint density at radius 2 is 2.19 bits per heavy atom. The van der Waals surface area contributed by atoms with Crippen molar-refractivity contribution < 1.29 is 4.74 Å². The molecule has 0 bridgehead atoms. The second-order valence-corrected chi connectivity index (χ2v) is 3.46. The van der Waals surface area contributed by atoms with E-state index in [1.807, 2.05) is 25.3 Å². The zero-order valence-electron chi connectivity index (χ0n) is 9.32. The molecule has 3 N–H and O–H groups in total. The van der Waals surface area contributed by atoms with Crippen LogP contribution in [0.15, 0.2) is 24.4 Å². The van der Waals surface area contributed by atoms with Gasteiger partial charge in [0.2, 0.25) is 0 Å². The summed E-state index contributed by atoms with van der Waals surface area (Å²) in [7, 11) is 0. The fourth-order valence-electron chi connectivity index (χ4n) is 1.82. The van der Waals surface area contributed by atoms with E-state index in [-0.39, 0.29) is 12.4 Å². The van der Waals surface area contributed by atoms with Gasteiger partial charge in [0.25, 0.3) is 0 Å². The Hall–Kier alpha value is -1.19. The van der Waals surface area contributed by atoms with Crippen molar-refractivity contribution in [2.45, 2.75) is 13.3 Å². The van der Waals surface area contributed by atoms with Gasteiger partial charge >= 0.3 is 0 Å². The highest BCUT2D eigenvalue weighted by molar-refractivity contribution is 5.88. The van der Waals surface area contributed by atoms with Gasteiger partial charge in [-0.1, -0.05) is 12.1 Å². The molecular formula is C12H17ClN2O. The number of ether oxygens (including phenoxy) is 1. The number of halogens is 1. The first-order valence-corrected chi connectivity index (χ1v) is 5.28. The van der Waals surface area contributed by atoms with E-state index < -0.39 is 0 Å². The summed E-state index contributed by atoms with van der Waals surface area (Å²) in [5, 5.41) is 1.21. The maximum atomic E-state index is 5.56. The Morgan fingerprint density at radius 3 is 2.88 bits per heavy atom. The van der Waals surface area contributed by atoms with Crippen LogP contribution in [0.4, 0.5) is 0 Å². The first-order chi connectivity index (χ1) is 7.36. The van der Waals surface area contributed by atoms with E-state index in [0.717, 1.165) is 17.7 Å². The van der Waals surface area contributed by atoms with Crippen LogP contribution in [0.1, 0.15) is 12.5 Å². The van der Waals surface area contributed by atoms with Crippen LogP contribution in [-0.4, -0.2) is 18.1 Å². The fourth-order valence-corrected chi connectivity index (χ4v) is 1.82. The molecule has 0 spiro atoms. The van der Waals surface area contributed by atoms with Gasteiger partial charge in [0, 0.05) is 11.6 Å². The molecule has 88 valence electrons. The van der Waals surface area contributed by atoms with Gasteiger partial charge in [-0.25, -0.2) is 0 Å². The molecule has 0 aliphatic rings. The van der Waals surface area contributed by atoms with Crippen LogP contribution < -0.4 is 10.5 Å². The van der Waals surface area contributed by atoms with E-state index in [0.29, 0.717) is 13.2 Å². The number of rotatable bonds is 4. The third kappa shape index (κ3) is 2.31. The Kier molecular flexibility index (Phi) is 4.65. The minimum atomic E-state index is 0. The Balaban J connectivity index is 0.00000128. The molecule has 0 saturated carbocycles. The minimum Gasteiger partial charge on any atom is -0.492 e. The van der Waals surface area contributed by atoms with Gasteiger partial charge in [-0.15, -0.1) is 12.4 Å². The van der Waals surface area contributed by atoms with Crippen LogP contribution in [0.5, 0.6) is 5.75 Å². The summed E-state index contributed by atoms with van der Waals surface area (Å²) < 4.78 is 5.55. The second-order valence-electron chi connectivity index (χ2n) is 3.46. The number of hydrogen-bond donors (Lipinski definition) is 2. The molecule has 4 heteroatoms. The summed E-state index contributed by atoms with van der Waals surface area (Å²) in [6, 6.07) is 6.09. The number of H-pyrrole nitrogens is 1. The van der Waals surface area contributed by atoms with Crippen molar-refractivity contribution in [3.63, 3.8) is 0 Å². The quantitative estimate of drug-likeness (QED) is 0.863. The molecule has 0 aliphatic heterocycles. The molecule has 1 aromatic carbocycles. The predicted octanol–water partition coefficient (Wildman–Crippen LogP) is 2.49. The highest BCUT2D eigenvalue weighted by atomic mass is 35.5. The molecule has 0 radical (unpaired) electrons. The lowest BCUT2D eigenvalue weighted by atomic mass is 10.1.